The predicted octanol–water partition coefficient (Wildman–Crippen LogP) is 1.33. The Morgan fingerprint density at radius 1 is 1.21 bits per heavy atom. The van der Waals surface area contributed by atoms with E-state index in [0.29, 0.717) is 18.1 Å². The summed E-state index contributed by atoms with van der Waals surface area (Å²) in [6.45, 7) is 11.0. The fourth-order valence-electron chi connectivity index (χ4n) is 1.56. The molecule has 3 heteroatoms. The summed E-state index contributed by atoms with van der Waals surface area (Å²) in [7, 11) is 2.11. The number of ether oxygens (including phenoxy) is 1. The molecule has 0 spiro atoms. The summed E-state index contributed by atoms with van der Waals surface area (Å²) in [5, 5.41) is 0. The molecule has 0 aromatic heterocycles. The van der Waals surface area contributed by atoms with Gasteiger partial charge in [-0.05, 0) is 26.8 Å². The van der Waals surface area contributed by atoms with Crippen LogP contribution in [0.5, 0.6) is 0 Å². The third-order valence-electron chi connectivity index (χ3n) is 2.47. The van der Waals surface area contributed by atoms with E-state index in [1.165, 1.54) is 0 Å². The normalized spacial score (nSPS) is 14.4. The molecule has 0 aliphatic rings. The maximum Gasteiger partial charge on any atom is 0.0596 e. The minimum atomic E-state index is 0.318. The Balaban J connectivity index is 3.75. The van der Waals surface area contributed by atoms with Crippen LogP contribution in [-0.4, -0.2) is 43.8 Å². The molecular weight excluding hydrogens is 176 g/mol. The molecular formula is C11H26N2O. The van der Waals surface area contributed by atoms with Crippen LogP contribution in [0, 0.1) is 5.92 Å². The van der Waals surface area contributed by atoms with E-state index >= 15 is 0 Å². The first-order valence-electron chi connectivity index (χ1n) is 5.51. The molecule has 0 saturated carbocycles. The highest BCUT2D eigenvalue weighted by molar-refractivity contribution is 4.72. The third kappa shape index (κ3) is 5.58. The summed E-state index contributed by atoms with van der Waals surface area (Å²) in [6, 6.07) is 0.464. The van der Waals surface area contributed by atoms with E-state index in [1.807, 2.05) is 0 Å². The molecule has 0 rings (SSSR count). The molecule has 2 N–H and O–H groups in total. The molecule has 0 radical (unpaired) electrons. The SMILES string of the molecule is CC(C)OCCN(C)C(CN)C(C)C. The lowest BCUT2D eigenvalue weighted by atomic mass is 10.0. The minimum absolute atomic E-state index is 0.318. The number of nitrogens with two attached hydrogens (primary N) is 1. The van der Waals surface area contributed by atoms with Crippen molar-refractivity contribution in [2.75, 3.05) is 26.7 Å². The Labute approximate surface area is 88.6 Å². The van der Waals surface area contributed by atoms with Gasteiger partial charge in [-0.2, -0.15) is 0 Å². The molecule has 0 aliphatic carbocycles. The fourth-order valence-corrected chi connectivity index (χ4v) is 1.56. The summed E-state index contributed by atoms with van der Waals surface area (Å²) < 4.78 is 5.50. The monoisotopic (exact) mass is 202 g/mol. The second kappa shape index (κ2) is 7.21. The number of rotatable bonds is 7. The molecule has 14 heavy (non-hydrogen) atoms. The Hall–Kier alpha value is -0.120. The second-order valence-electron chi connectivity index (χ2n) is 4.45. The Bertz CT molecular complexity index is 137. The highest BCUT2D eigenvalue weighted by Gasteiger charge is 2.16. The molecule has 0 saturated heterocycles. The summed E-state index contributed by atoms with van der Waals surface area (Å²) in [5.74, 6) is 0.601. The van der Waals surface area contributed by atoms with Gasteiger partial charge in [0.05, 0.1) is 12.7 Å². The zero-order valence-corrected chi connectivity index (χ0v) is 10.3. The zero-order valence-electron chi connectivity index (χ0n) is 10.3. The van der Waals surface area contributed by atoms with Crippen molar-refractivity contribution in [3.05, 3.63) is 0 Å². The van der Waals surface area contributed by atoms with E-state index in [-0.39, 0.29) is 0 Å². The zero-order chi connectivity index (χ0) is 11.1. The van der Waals surface area contributed by atoms with Crippen molar-refractivity contribution in [1.29, 1.82) is 0 Å². The molecule has 1 atom stereocenters. The quantitative estimate of drug-likeness (QED) is 0.677. The van der Waals surface area contributed by atoms with Gasteiger partial charge < -0.3 is 10.5 Å². The van der Waals surface area contributed by atoms with Crippen molar-refractivity contribution in [2.24, 2.45) is 11.7 Å². The van der Waals surface area contributed by atoms with Gasteiger partial charge in [0.15, 0.2) is 0 Å². The van der Waals surface area contributed by atoms with Gasteiger partial charge in [-0.15, -0.1) is 0 Å². The summed E-state index contributed by atoms with van der Waals surface area (Å²) in [6.07, 6.45) is 0.318. The van der Waals surface area contributed by atoms with Crippen LogP contribution in [0.25, 0.3) is 0 Å². The van der Waals surface area contributed by atoms with Gasteiger partial charge >= 0.3 is 0 Å². The summed E-state index contributed by atoms with van der Waals surface area (Å²) in [5.41, 5.74) is 5.72. The fraction of sp³-hybridized carbons (Fsp3) is 1.00. The van der Waals surface area contributed by atoms with Crippen molar-refractivity contribution in [3.8, 4) is 0 Å². The smallest absolute Gasteiger partial charge is 0.0596 e. The topological polar surface area (TPSA) is 38.5 Å². The van der Waals surface area contributed by atoms with Crippen LogP contribution in [0.3, 0.4) is 0 Å². The lowest BCUT2D eigenvalue weighted by Crippen LogP contribution is -2.43. The lowest BCUT2D eigenvalue weighted by molar-refractivity contribution is 0.0517. The van der Waals surface area contributed by atoms with Crippen LogP contribution in [-0.2, 0) is 4.74 Å². The van der Waals surface area contributed by atoms with E-state index in [0.717, 1.165) is 19.7 Å². The Kier molecular flexibility index (Phi) is 7.15. The molecule has 0 aliphatic heterocycles. The van der Waals surface area contributed by atoms with Crippen molar-refractivity contribution in [3.63, 3.8) is 0 Å². The summed E-state index contributed by atoms with van der Waals surface area (Å²) >= 11 is 0. The molecule has 0 heterocycles. The van der Waals surface area contributed by atoms with Gasteiger partial charge in [-0.25, -0.2) is 0 Å². The molecule has 3 nitrogen and oxygen atoms in total. The first kappa shape index (κ1) is 13.9. The maximum atomic E-state index is 5.72. The van der Waals surface area contributed by atoms with Gasteiger partial charge in [-0.1, -0.05) is 13.8 Å². The average molecular weight is 202 g/mol. The first-order valence-corrected chi connectivity index (χ1v) is 5.51. The van der Waals surface area contributed by atoms with Crippen LogP contribution in [0.2, 0.25) is 0 Å². The van der Waals surface area contributed by atoms with Crippen LogP contribution >= 0.6 is 0 Å². The predicted molar refractivity (Wildman–Crippen MR) is 61.4 cm³/mol. The summed E-state index contributed by atoms with van der Waals surface area (Å²) in [4.78, 5) is 2.28. The van der Waals surface area contributed by atoms with E-state index in [1.54, 1.807) is 0 Å². The standard InChI is InChI=1S/C11H26N2O/c1-9(2)11(8-12)13(5)6-7-14-10(3)4/h9-11H,6-8,12H2,1-5H3. The maximum absolute atomic E-state index is 5.72. The van der Waals surface area contributed by atoms with E-state index in [4.69, 9.17) is 10.5 Å². The highest BCUT2D eigenvalue weighted by Crippen LogP contribution is 2.07. The minimum Gasteiger partial charge on any atom is -0.377 e. The molecule has 0 aromatic carbocycles. The second-order valence-corrected chi connectivity index (χ2v) is 4.45. The van der Waals surface area contributed by atoms with Crippen LogP contribution in [0.15, 0.2) is 0 Å². The Morgan fingerprint density at radius 2 is 1.79 bits per heavy atom. The molecule has 0 bridgehead atoms. The molecule has 1 unspecified atom stereocenters. The van der Waals surface area contributed by atoms with Gasteiger partial charge in [0.2, 0.25) is 0 Å². The van der Waals surface area contributed by atoms with E-state index < -0.39 is 0 Å². The lowest BCUT2D eigenvalue weighted by Gasteiger charge is -2.30. The number of nitrogens with zero attached hydrogens (tertiary/aromatic N) is 1. The molecule has 0 amide bonds. The Morgan fingerprint density at radius 3 is 2.14 bits per heavy atom. The van der Waals surface area contributed by atoms with Gasteiger partial charge in [0.25, 0.3) is 0 Å². The van der Waals surface area contributed by atoms with Crippen molar-refractivity contribution < 1.29 is 4.74 Å². The first-order chi connectivity index (χ1) is 6.49. The largest absolute Gasteiger partial charge is 0.377 e. The van der Waals surface area contributed by atoms with E-state index in [9.17, 15) is 0 Å². The molecule has 0 aromatic rings. The number of likely N-dealkylation sites (N-methyl/N-ethyl adjacent to an activating group) is 1. The van der Waals surface area contributed by atoms with Gasteiger partial charge in [-0.3, -0.25) is 4.90 Å². The number of hydrogen-bond donors (Lipinski definition) is 1. The average Bonchev–Trinajstić information content (AvgIpc) is 2.03. The van der Waals surface area contributed by atoms with Crippen molar-refractivity contribution >= 4 is 0 Å². The van der Waals surface area contributed by atoms with Crippen LogP contribution in [0.4, 0.5) is 0 Å². The molecule has 0 fully saturated rings. The van der Waals surface area contributed by atoms with Crippen LogP contribution < -0.4 is 5.73 Å². The van der Waals surface area contributed by atoms with Crippen molar-refractivity contribution in [2.45, 2.75) is 39.8 Å². The number of hydrogen-bond acceptors (Lipinski definition) is 3. The van der Waals surface area contributed by atoms with Crippen LogP contribution in [0.1, 0.15) is 27.7 Å². The van der Waals surface area contributed by atoms with Crippen molar-refractivity contribution in [1.82, 2.24) is 4.90 Å². The highest BCUT2D eigenvalue weighted by atomic mass is 16.5. The van der Waals surface area contributed by atoms with E-state index in [2.05, 4.69) is 39.6 Å². The van der Waals surface area contributed by atoms with Gasteiger partial charge in [0, 0.05) is 19.1 Å². The third-order valence-corrected chi connectivity index (χ3v) is 2.47. The van der Waals surface area contributed by atoms with Gasteiger partial charge in [0.1, 0.15) is 0 Å². The molecule has 86 valence electrons.